The molecule has 1 spiro atoms. The number of likely N-dealkylation sites (tertiary alicyclic amines) is 1. The number of halogens is 2. The number of H-pyrrole nitrogens is 1. The van der Waals surface area contributed by atoms with Crippen LogP contribution in [0.15, 0.2) is 24.9 Å². The number of nitrogens with zero attached hydrogens (tertiary/aromatic N) is 7. The summed E-state index contributed by atoms with van der Waals surface area (Å²) in [7, 11) is 2.08. The van der Waals surface area contributed by atoms with E-state index < -0.39 is 0 Å². The Morgan fingerprint density at radius 2 is 1.90 bits per heavy atom. The molecule has 0 radical (unpaired) electrons. The van der Waals surface area contributed by atoms with Gasteiger partial charge in [-0.05, 0) is 72.1 Å². The Hall–Kier alpha value is -3.12. The summed E-state index contributed by atoms with van der Waals surface area (Å²) in [6.45, 7) is 16.7. The number of aromatic nitrogens is 4. The Morgan fingerprint density at radius 1 is 1.12 bits per heavy atom. The molecule has 1 aliphatic carbocycles. The molecule has 2 amide bonds. The highest BCUT2D eigenvalue weighted by molar-refractivity contribution is 6.45. The summed E-state index contributed by atoms with van der Waals surface area (Å²) in [5, 5.41) is 14.6. The van der Waals surface area contributed by atoms with Crippen molar-refractivity contribution in [3.8, 4) is 11.1 Å². The summed E-state index contributed by atoms with van der Waals surface area (Å²) in [5.74, 6) is 1.15. The lowest BCUT2D eigenvalue weighted by atomic mass is 9.60. The van der Waals surface area contributed by atoms with Crippen LogP contribution in [-0.2, 0) is 14.3 Å². The Balaban J connectivity index is 0.000000255. The van der Waals surface area contributed by atoms with Crippen LogP contribution in [0.2, 0.25) is 10.0 Å². The number of piperazine rings is 1. The van der Waals surface area contributed by atoms with E-state index in [1.54, 1.807) is 0 Å². The number of aromatic amines is 1. The lowest BCUT2D eigenvalue weighted by molar-refractivity contribution is -0.152. The number of piperidine rings is 1. The Bertz CT molecular complexity index is 1740. The number of fused-ring (bicyclic) bond motifs is 2. The van der Waals surface area contributed by atoms with Crippen molar-refractivity contribution in [2.75, 3.05) is 64.4 Å². The minimum absolute atomic E-state index is 0.0143. The fourth-order valence-corrected chi connectivity index (χ4v) is 9.00. The zero-order chi connectivity index (χ0) is 34.0. The van der Waals surface area contributed by atoms with E-state index in [4.69, 9.17) is 33.0 Å². The number of rotatable bonds is 4. The predicted octanol–water partition coefficient (Wildman–Crippen LogP) is 5.32. The normalized spacial score (nSPS) is 23.8. The highest BCUT2D eigenvalue weighted by atomic mass is 35.5. The Morgan fingerprint density at radius 3 is 2.62 bits per heavy atom. The van der Waals surface area contributed by atoms with Crippen LogP contribution < -0.4 is 4.90 Å². The molecule has 2 aromatic heterocycles. The summed E-state index contributed by atoms with van der Waals surface area (Å²) in [4.78, 5) is 31.8. The van der Waals surface area contributed by atoms with Crippen molar-refractivity contribution in [3.63, 3.8) is 0 Å². The standard InChI is InChI=1S/C27H32Cl2N6O.C8H14N2O2/c1-5-21(36)33-14-27(15-33)11-17(12-27)35-16(2)22(25(32-35)34-9-7-6-8-26(34,3)4)23-18-13-30-31-20(18)10-19(28)24(23)29;1-9-2-3-10-7(4-9)5-12-6-8(10)11/h5,10,13,17H,1,6-9,11-12,14-15H2,2-4H3,(H,30,31);7H,2-6H2,1H3. The van der Waals surface area contributed by atoms with E-state index in [0.717, 1.165) is 98.5 Å². The van der Waals surface area contributed by atoms with Crippen molar-refractivity contribution >= 4 is 51.7 Å². The first-order valence-corrected chi connectivity index (χ1v) is 17.8. The molecule has 258 valence electrons. The number of ether oxygens (including phenoxy) is 1. The van der Waals surface area contributed by atoms with Gasteiger partial charge >= 0.3 is 0 Å². The van der Waals surface area contributed by atoms with Crippen LogP contribution in [0, 0.1) is 12.3 Å². The minimum Gasteiger partial charge on any atom is -0.369 e. The second kappa shape index (κ2) is 12.6. The van der Waals surface area contributed by atoms with Crippen LogP contribution in [0.3, 0.4) is 0 Å². The number of amides is 2. The molecule has 5 aliphatic rings. The predicted molar refractivity (Wildman–Crippen MR) is 189 cm³/mol. The van der Waals surface area contributed by atoms with Gasteiger partial charge in [-0.3, -0.25) is 19.4 Å². The smallest absolute Gasteiger partial charge is 0.248 e. The minimum atomic E-state index is -0.0143. The number of hydrogen-bond acceptors (Lipinski definition) is 7. The summed E-state index contributed by atoms with van der Waals surface area (Å²) in [6.07, 6.45) is 8.73. The van der Waals surface area contributed by atoms with Crippen molar-refractivity contribution in [1.29, 1.82) is 0 Å². The molecule has 0 bridgehead atoms. The monoisotopic (exact) mass is 696 g/mol. The van der Waals surface area contributed by atoms with Crippen molar-refractivity contribution in [1.82, 2.24) is 34.7 Å². The van der Waals surface area contributed by atoms with Crippen LogP contribution in [0.4, 0.5) is 5.82 Å². The summed E-state index contributed by atoms with van der Waals surface area (Å²) in [5.41, 5.74) is 4.09. The lowest BCUT2D eigenvalue weighted by Gasteiger charge is -2.58. The van der Waals surface area contributed by atoms with Gasteiger partial charge in [-0.2, -0.15) is 10.2 Å². The third-order valence-electron chi connectivity index (χ3n) is 11.2. The van der Waals surface area contributed by atoms with E-state index in [9.17, 15) is 9.59 Å². The Kier molecular flexibility index (Phi) is 8.79. The first-order valence-electron chi connectivity index (χ1n) is 17.1. The third-order valence-corrected chi connectivity index (χ3v) is 12.0. The van der Waals surface area contributed by atoms with Gasteiger partial charge in [0.1, 0.15) is 6.61 Å². The van der Waals surface area contributed by atoms with Crippen molar-refractivity contribution in [2.45, 2.75) is 70.5 Å². The van der Waals surface area contributed by atoms with E-state index in [1.807, 2.05) is 22.1 Å². The third kappa shape index (κ3) is 5.80. The van der Waals surface area contributed by atoms with E-state index in [-0.39, 0.29) is 29.4 Å². The van der Waals surface area contributed by atoms with Gasteiger partial charge in [0.2, 0.25) is 11.8 Å². The maximum atomic E-state index is 12.0. The maximum Gasteiger partial charge on any atom is 0.248 e. The van der Waals surface area contributed by atoms with E-state index >= 15 is 0 Å². The highest BCUT2D eigenvalue weighted by Crippen LogP contribution is 2.56. The molecule has 1 atom stereocenters. The summed E-state index contributed by atoms with van der Waals surface area (Å²) < 4.78 is 7.39. The number of hydrogen-bond donors (Lipinski definition) is 1. The quantitative estimate of drug-likeness (QED) is 0.369. The van der Waals surface area contributed by atoms with Crippen LogP contribution >= 0.6 is 23.2 Å². The van der Waals surface area contributed by atoms with Crippen molar-refractivity contribution in [2.24, 2.45) is 5.41 Å². The number of morpholine rings is 1. The summed E-state index contributed by atoms with van der Waals surface area (Å²) in [6, 6.07) is 2.43. The maximum absolute atomic E-state index is 12.0. The SMILES string of the molecule is C=CC(=O)N1CC2(CC(n3nc(N4CCCCC4(C)C)c(-c4c(Cl)c(Cl)cc5[nH]ncc45)c3C)C2)C1.CN1CCN2C(=O)COCC2C1. The molecular formula is C35H46Cl2N8O3. The van der Waals surface area contributed by atoms with Crippen LogP contribution in [0.25, 0.3) is 22.0 Å². The molecule has 5 fully saturated rings. The molecule has 1 N–H and O–H groups in total. The van der Waals surface area contributed by atoms with Gasteiger partial charge in [-0.15, -0.1) is 0 Å². The molecule has 8 rings (SSSR count). The van der Waals surface area contributed by atoms with Crippen molar-refractivity contribution in [3.05, 3.63) is 40.7 Å². The number of carbonyl (C=O) groups excluding carboxylic acids is 2. The molecule has 1 aromatic carbocycles. The number of benzene rings is 1. The molecule has 48 heavy (non-hydrogen) atoms. The number of carbonyl (C=O) groups is 2. The van der Waals surface area contributed by atoms with E-state index in [2.05, 4.69) is 59.1 Å². The van der Waals surface area contributed by atoms with Crippen LogP contribution in [0.5, 0.6) is 0 Å². The molecule has 4 aliphatic heterocycles. The molecule has 4 saturated heterocycles. The Labute approximate surface area is 292 Å². The number of nitrogens with one attached hydrogen (secondary N) is 1. The van der Waals surface area contributed by atoms with Gasteiger partial charge < -0.3 is 24.3 Å². The fraction of sp³-hybridized carbons (Fsp3) is 0.600. The van der Waals surface area contributed by atoms with E-state index in [1.165, 1.54) is 12.5 Å². The van der Waals surface area contributed by atoms with Gasteiger partial charge in [0, 0.05) is 72.4 Å². The molecule has 13 heteroatoms. The van der Waals surface area contributed by atoms with Gasteiger partial charge in [0.05, 0.1) is 40.4 Å². The highest BCUT2D eigenvalue weighted by Gasteiger charge is 2.54. The molecular weight excluding hydrogens is 651 g/mol. The zero-order valence-electron chi connectivity index (χ0n) is 28.4. The first kappa shape index (κ1) is 33.4. The molecule has 1 saturated carbocycles. The van der Waals surface area contributed by atoms with Crippen LogP contribution in [-0.4, -0.2) is 118 Å². The van der Waals surface area contributed by atoms with Gasteiger partial charge in [0.25, 0.3) is 0 Å². The number of likely N-dealkylation sites (N-methyl/N-ethyl adjacent to an activating group) is 1. The molecule has 1 unspecified atom stereocenters. The number of anilines is 1. The average Bonchev–Trinajstić information content (AvgIpc) is 3.60. The second-order valence-corrected chi connectivity index (χ2v) is 15.8. The average molecular weight is 698 g/mol. The zero-order valence-corrected chi connectivity index (χ0v) is 29.9. The fourth-order valence-electron chi connectivity index (χ4n) is 8.54. The topological polar surface area (TPSA) is 103 Å². The van der Waals surface area contributed by atoms with Crippen LogP contribution in [0.1, 0.15) is 57.7 Å². The summed E-state index contributed by atoms with van der Waals surface area (Å²) >= 11 is 13.5. The van der Waals surface area contributed by atoms with Crippen molar-refractivity contribution < 1.29 is 14.3 Å². The van der Waals surface area contributed by atoms with E-state index in [0.29, 0.717) is 28.7 Å². The largest absolute Gasteiger partial charge is 0.369 e. The first-order chi connectivity index (χ1) is 22.9. The van der Waals surface area contributed by atoms with Gasteiger partial charge in [0.15, 0.2) is 5.82 Å². The molecule has 11 nitrogen and oxygen atoms in total. The molecule has 6 heterocycles. The van der Waals surface area contributed by atoms with Gasteiger partial charge in [-0.1, -0.05) is 29.8 Å². The molecule has 3 aromatic rings. The van der Waals surface area contributed by atoms with Gasteiger partial charge in [-0.25, -0.2) is 0 Å². The lowest BCUT2D eigenvalue weighted by Crippen LogP contribution is -2.63. The second-order valence-electron chi connectivity index (χ2n) is 15.0.